The molecule has 0 aromatic carbocycles. The number of nitrogens with two attached hydrogens (primary N) is 1. The number of hydrogen-bond acceptors (Lipinski definition) is 4. The van der Waals surface area contributed by atoms with Crippen molar-refractivity contribution in [1.29, 1.82) is 0 Å². The van der Waals surface area contributed by atoms with Crippen LogP contribution >= 0.6 is 11.6 Å². The number of nitrogens with zero attached hydrogens (tertiary/aromatic N) is 3. The lowest BCUT2D eigenvalue weighted by atomic mass is 9.96. The highest BCUT2D eigenvalue weighted by atomic mass is 35.5. The van der Waals surface area contributed by atoms with Gasteiger partial charge in [-0.3, -0.25) is 0 Å². The second kappa shape index (κ2) is 6.23. The van der Waals surface area contributed by atoms with E-state index in [9.17, 15) is 0 Å². The molecular weight excluding hydrogens is 248 g/mol. The molecule has 0 radical (unpaired) electrons. The van der Waals surface area contributed by atoms with E-state index in [-0.39, 0.29) is 5.95 Å². The van der Waals surface area contributed by atoms with E-state index in [1.165, 1.54) is 32.1 Å². The van der Waals surface area contributed by atoms with E-state index in [0.717, 1.165) is 24.8 Å². The van der Waals surface area contributed by atoms with Crippen molar-refractivity contribution in [3.63, 3.8) is 0 Å². The number of aromatic nitrogens is 2. The number of rotatable bonds is 3. The molecule has 1 unspecified atom stereocenters. The first kappa shape index (κ1) is 13.4. The summed E-state index contributed by atoms with van der Waals surface area (Å²) in [6.45, 7) is 4.33. The molecule has 5 heteroatoms. The Kier molecular flexibility index (Phi) is 4.64. The molecule has 0 bridgehead atoms. The van der Waals surface area contributed by atoms with Crippen molar-refractivity contribution in [2.75, 3.05) is 23.7 Å². The Labute approximate surface area is 114 Å². The molecule has 0 saturated carbocycles. The van der Waals surface area contributed by atoms with Gasteiger partial charge in [-0.15, -0.1) is 0 Å². The zero-order valence-corrected chi connectivity index (χ0v) is 11.7. The quantitative estimate of drug-likeness (QED) is 0.856. The van der Waals surface area contributed by atoms with Crippen LogP contribution in [-0.4, -0.2) is 23.1 Å². The first-order valence-electron chi connectivity index (χ1n) is 6.74. The maximum absolute atomic E-state index is 5.93. The van der Waals surface area contributed by atoms with Crippen molar-refractivity contribution in [3.05, 3.63) is 11.2 Å². The van der Waals surface area contributed by atoms with Crippen LogP contribution in [0, 0.1) is 5.92 Å². The molecule has 2 heterocycles. The van der Waals surface area contributed by atoms with E-state index in [4.69, 9.17) is 17.3 Å². The molecule has 1 aromatic rings. The molecule has 2 rings (SSSR count). The van der Waals surface area contributed by atoms with E-state index in [2.05, 4.69) is 21.8 Å². The predicted molar refractivity (Wildman–Crippen MR) is 75.9 cm³/mol. The van der Waals surface area contributed by atoms with Crippen LogP contribution in [0.25, 0.3) is 0 Å². The highest BCUT2D eigenvalue weighted by Gasteiger charge is 2.18. The maximum atomic E-state index is 5.93. The van der Waals surface area contributed by atoms with Gasteiger partial charge in [-0.2, -0.15) is 4.98 Å². The van der Waals surface area contributed by atoms with Gasteiger partial charge in [0.15, 0.2) is 0 Å². The van der Waals surface area contributed by atoms with Gasteiger partial charge in [0.2, 0.25) is 5.95 Å². The summed E-state index contributed by atoms with van der Waals surface area (Å²) in [5.41, 5.74) is 5.65. The van der Waals surface area contributed by atoms with Gasteiger partial charge < -0.3 is 10.6 Å². The highest BCUT2D eigenvalue weighted by molar-refractivity contribution is 6.29. The summed E-state index contributed by atoms with van der Waals surface area (Å²) in [5, 5.41) is 0.423. The van der Waals surface area contributed by atoms with Crippen molar-refractivity contribution in [2.24, 2.45) is 5.92 Å². The Morgan fingerprint density at radius 1 is 1.39 bits per heavy atom. The van der Waals surface area contributed by atoms with Gasteiger partial charge in [-0.25, -0.2) is 4.98 Å². The lowest BCUT2D eigenvalue weighted by Crippen LogP contribution is -2.25. The summed E-state index contributed by atoms with van der Waals surface area (Å²) >= 11 is 5.93. The summed E-state index contributed by atoms with van der Waals surface area (Å²) in [5.74, 6) is 1.98. The molecule has 1 aliphatic heterocycles. The third-order valence-corrected chi connectivity index (χ3v) is 3.76. The van der Waals surface area contributed by atoms with Crippen molar-refractivity contribution in [2.45, 2.75) is 39.0 Å². The van der Waals surface area contributed by atoms with Crippen molar-refractivity contribution in [3.8, 4) is 0 Å². The van der Waals surface area contributed by atoms with Crippen LogP contribution < -0.4 is 10.6 Å². The van der Waals surface area contributed by atoms with Gasteiger partial charge in [0.05, 0.1) is 0 Å². The summed E-state index contributed by atoms with van der Waals surface area (Å²) in [4.78, 5) is 10.5. The van der Waals surface area contributed by atoms with Crippen LogP contribution in [0.2, 0.25) is 5.15 Å². The molecule has 100 valence electrons. The summed E-state index contributed by atoms with van der Waals surface area (Å²) in [7, 11) is 0. The molecule has 1 aromatic heterocycles. The Hall–Kier alpha value is -1.03. The minimum Gasteiger partial charge on any atom is -0.368 e. The third-order valence-electron chi connectivity index (χ3n) is 3.57. The summed E-state index contributed by atoms with van der Waals surface area (Å²) in [6, 6.07) is 1.80. The average molecular weight is 269 g/mol. The normalized spacial score (nSPS) is 20.8. The van der Waals surface area contributed by atoms with Gasteiger partial charge in [-0.1, -0.05) is 31.4 Å². The first-order valence-corrected chi connectivity index (χ1v) is 7.12. The fourth-order valence-electron chi connectivity index (χ4n) is 2.68. The van der Waals surface area contributed by atoms with E-state index in [1.54, 1.807) is 6.07 Å². The molecule has 1 aliphatic rings. The Balaban J connectivity index is 2.05. The first-order chi connectivity index (χ1) is 8.69. The number of anilines is 2. The molecule has 0 spiro atoms. The maximum Gasteiger partial charge on any atom is 0.223 e. The largest absolute Gasteiger partial charge is 0.368 e. The smallest absolute Gasteiger partial charge is 0.223 e. The van der Waals surface area contributed by atoms with Gasteiger partial charge in [0, 0.05) is 19.2 Å². The minimum absolute atomic E-state index is 0.256. The topological polar surface area (TPSA) is 55.0 Å². The van der Waals surface area contributed by atoms with Crippen molar-refractivity contribution >= 4 is 23.4 Å². The molecule has 1 saturated heterocycles. The van der Waals surface area contributed by atoms with E-state index < -0.39 is 0 Å². The van der Waals surface area contributed by atoms with Gasteiger partial charge in [0.25, 0.3) is 0 Å². The van der Waals surface area contributed by atoms with E-state index in [1.807, 2.05) is 0 Å². The van der Waals surface area contributed by atoms with Crippen LogP contribution in [-0.2, 0) is 0 Å². The monoisotopic (exact) mass is 268 g/mol. The zero-order valence-electron chi connectivity index (χ0n) is 10.9. The Morgan fingerprint density at radius 2 is 2.22 bits per heavy atom. The van der Waals surface area contributed by atoms with Crippen LogP contribution in [0.15, 0.2) is 6.07 Å². The van der Waals surface area contributed by atoms with Crippen LogP contribution in [0.3, 0.4) is 0 Å². The van der Waals surface area contributed by atoms with Crippen molar-refractivity contribution < 1.29 is 0 Å². The molecule has 4 nitrogen and oxygen atoms in total. The van der Waals surface area contributed by atoms with Crippen LogP contribution in [0.5, 0.6) is 0 Å². The lowest BCUT2D eigenvalue weighted by molar-refractivity contribution is 0.435. The summed E-state index contributed by atoms with van der Waals surface area (Å²) < 4.78 is 0. The number of nitrogen functional groups attached to an aromatic ring is 1. The summed E-state index contributed by atoms with van der Waals surface area (Å²) in [6.07, 6.45) is 6.37. The molecule has 2 N–H and O–H groups in total. The molecule has 0 amide bonds. The lowest BCUT2D eigenvalue weighted by Gasteiger charge is -2.21. The fraction of sp³-hybridized carbons (Fsp3) is 0.692. The Bertz CT molecular complexity index is 376. The minimum atomic E-state index is 0.256. The van der Waals surface area contributed by atoms with Gasteiger partial charge >= 0.3 is 0 Å². The van der Waals surface area contributed by atoms with Gasteiger partial charge in [0.1, 0.15) is 11.0 Å². The average Bonchev–Trinajstić information content (AvgIpc) is 2.54. The van der Waals surface area contributed by atoms with Crippen molar-refractivity contribution in [1.82, 2.24) is 9.97 Å². The SMILES string of the molecule is CCCC1CCCN(c2cc(Cl)nc(N)n2)CC1. The fourth-order valence-corrected chi connectivity index (χ4v) is 2.86. The highest BCUT2D eigenvalue weighted by Crippen LogP contribution is 2.25. The molecule has 1 atom stereocenters. The van der Waals surface area contributed by atoms with Gasteiger partial charge in [-0.05, 0) is 25.2 Å². The predicted octanol–water partition coefficient (Wildman–Crippen LogP) is 3.12. The molecule has 18 heavy (non-hydrogen) atoms. The van der Waals surface area contributed by atoms with Crippen LogP contribution in [0.4, 0.5) is 11.8 Å². The van der Waals surface area contributed by atoms with Crippen LogP contribution in [0.1, 0.15) is 39.0 Å². The van der Waals surface area contributed by atoms with E-state index >= 15 is 0 Å². The second-order valence-corrected chi connectivity index (χ2v) is 5.37. The molecule has 1 fully saturated rings. The number of hydrogen-bond donors (Lipinski definition) is 1. The molecular formula is C13H21ClN4. The second-order valence-electron chi connectivity index (χ2n) is 4.98. The number of halogens is 1. The standard InChI is InChI=1S/C13H21ClN4/c1-2-4-10-5-3-7-18(8-6-10)12-9-11(14)16-13(15)17-12/h9-10H,2-8H2,1H3,(H2,15,16,17). The van der Waals surface area contributed by atoms with E-state index in [0.29, 0.717) is 5.15 Å². The molecule has 0 aliphatic carbocycles. The third kappa shape index (κ3) is 3.48. The Morgan fingerprint density at radius 3 is 2.94 bits per heavy atom. The zero-order chi connectivity index (χ0) is 13.0.